The zero-order valence-corrected chi connectivity index (χ0v) is 8.70. The average molecular weight is 240 g/mol. The summed E-state index contributed by atoms with van der Waals surface area (Å²) in [5.41, 5.74) is 10.1. The molecule has 0 aromatic carbocycles. The second kappa shape index (κ2) is 5.35. The van der Waals surface area contributed by atoms with Crippen molar-refractivity contribution >= 4 is 5.96 Å². The number of morpholine rings is 1. The SMILES string of the molecule is NC(N)=NCC(N1CCOCC1)C(F)(F)F. The highest BCUT2D eigenvalue weighted by Gasteiger charge is 2.43. The van der Waals surface area contributed by atoms with Crippen molar-refractivity contribution in [2.75, 3.05) is 32.8 Å². The van der Waals surface area contributed by atoms with Gasteiger partial charge in [0.25, 0.3) is 0 Å². The lowest BCUT2D eigenvalue weighted by molar-refractivity contribution is -0.188. The van der Waals surface area contributed by atoms with Crippen LogP contribution in [0.5, 0.6) is 0 Å². The van der Waals surface area contributed by atoms with Gasteiger partial charge in [0.2, 0.25) is 0 Å². The molecule has 1 aliphatic rings. The van der Waals surface area contributed by atoms with E-state index in [0.29, 0.717) is 13.2 Å². The first-order chi connectivity index (χ1) is 7.41. The number of hydrogen-bond acceptors (Lipinski definition) is 3. The van der Waals surface area contributed by atoms with Gasteiger partial charge in [-0.3, -0.25) is 9.89 Å². The summed E-state index contributed by atoms with van der Waals surface area (Å²) < 4.78 is 43.2. The summed E-state index contributed by atoms with van der Waals surface area (Å²) in [6, 6.07) is -1.64. The van der Waals surface area contributed by atoms with Gasteiger partial charge in [-0.15, -0.1) is 0 Å². The average Bonchev–Trinajstić information content (AvgIpc) is 2.17. The van der Waals surface area contributed by atoms with E-state index in [0.717, 1.165) is 0 Å². The van der Waals surface area contributed by atoms with Gasteiger partial charge in [0, 0.05) is 13.1 Å². The maximum atomic E-state index is 12.7. The fourth-order valence-electron chi connectivity index (χ4n) is 1.51. The van der Waals surface area contributed by atoms with E-state index in [2.05, 4.69) is 4.99 Å². The summed E-state index contributed by atoms with van der Waals surface area (Å²) in [4.78, 5) is 4.72. The molecule has 0 aliphatic carbocycles. The molecule has 94 valence electrons. The van der Waals surface area contributed by atoms with Crippen molar-refractivity contribution in [2.45, 2.75) is 12.2 Å². The van der Waals surface area contributed by atoms with Crippen LogP contribution in [0, 0.1) is 0 Å². The van der Waals surface area contributed by atoms with E-state index in [1.165, 1.54) is 4.90 Å². The molecule has 5 nitrogen and oxygen atoms in total. The summed E-state index contributed by atoms with van der Waals surface area (Å²) in [7, 11) is 0. The van der Waals surface area contributed by atoms with Gasteiger partial charge >= 0.3 is 6.18 Å². The molecule has 0 aromatic heterocycles. The summed E-state index contributed by atoms with van der Waals surface area (Å²) in [6.07, 6.45) is -4.34. The number of hydrogen-bond donors (Lipinski definition) is 2. The molecule has 0 radical (unpaired) electrons. The zero-order valence-electron chi connectivity index (χ0n) is 8.70. The first kappa shape index (κ1) is 13.0. The van der Waals surface area contributed by atoms with Crippen molar-refractivity contribution in [1.29, 1.82) is 0 Å². The molecule has 1 aliphatic heterocycles. The fourth-order valence-corrected chi connectivity index (χ4v) is 1.51. The molecule has 16 heavy (non-hydrogen) atoms. The largest absolute Gasteiger partial charge is 0.405 e. The van der Waals surface area contributed by atoms with Gasteiger partial charge in [0.1, 0.15) is 6.04 Å². The predicted octanol–water partition coefficient (Wildman–Crippen LogP) is -0.477. The Bertz CT molecular complexity index is 246. The molecule has 8 heteroatoms. The van der Waals surface area contributed by atoms with Crippen LogP contribution in [-0.2, 0) is 4.74 Å². The highest BCUT2D eigenvalue weighted by molar-refractivity contribution is 5.75. The quantitative estimate of drug-likeness (QED) is 0.516. The van der Waals surface area contributed by atoms with Crippen molar-refractivity contribution < 1.29 is 17.9 Å². The van der Waals surface area contributed by atoms with E-state index in [1.54, 1.807) is 0 Å². The Morgan fingerprint density at radius 3 is 2.31 bits per heavy atom. The second-order valence-electron chi connectivity index (χ2n) is 3.47. The lowest BCUT2D eigenvalue weighted by atomic mass is 10.2. The summed E-state index contributed by atoms with van der Waals surface area (Å²) in [5, 5.41) is 0. The Labute approximate surface area is 91.2 Å². The van der Waals surface area contributed by atoms with Crippen LogP contribution in [0.25, 0.3) is 0 Å². The Balaban J connectivity index is 2.66. The van der Waals surface area contributed by atoms with Crippen LogP contribution in [0.3, 0.4) is 0 Å². The van der Waals surface area contributed by atoms with E-state index in [9.17, 15) is 13.2 Å². The van der Waals surface area contributed by atoms with E-state index < -0.39 is 18.8 Å². The van der Waals surface area contributed by atoms with E-state index in [-0.39, 0.29) is 19.0 Å². The number of aliphatic imine (C=N–C) groups is 1. The predicted molar refractivity (Wildman–Crippen MR) is 52.9 cm³/mol. The van der Waals surface area contributed by atoms with Crippen LogP contribution in [0.4, 0.5) is 13.2 Å². The lowest BCUT2D eigenvalue weighted by Gasteiger charge is -2.34. The van der Waals surface area contributed by atoms with Crippen LogP contribution < -0.4 is 11.5 Å². The van der Waals surface area contributed by atoms with Gasteiger partial charge < -0.3 is 16.2 Å². The topological polar surface area (TPSA) is 76.9 Å². The van der Waals surface area contributed by atoms with Crippen molar-refractivity contribution in [3.8, 4) is 0 Å². The highest BCUT2D eigenvalue weighted by atomic mass is 19.4. The van der Waals surface area contributed by atoms with E-state index in [4.69, 9.17) is 16.2 Å². The third-order valence-electron chi connectivity index (χ3n) is 2.31. The third kappa shape index (κ3) is 3.86. The van der Waals surface area contributed by atoms with Gasteiger partial charge in [0.15, 0.2) is 5.96 Å². The summed E-state index contributed by atoms with van der Waals surface area (Å²) in [6.45, 7) is 0.614. The molecule has 1 heterocycles. The van der Waals surface area contributed by atoms with Crippen LogP contribution >= 0.6 is 0 Å². The number of rotatable bonds is 3. The lowest BCUT2D eigenvalue weighted by Crippen LogP contribution is -2.52. The molecule has 0 aromatic rings. The Kier molecular flexibility index (Phi) is 4.36. The highest BCUT2D eigenvalue weighted by Crippen LogP contribution is 2.25. The minimum Gasteiger partial charge on any atom is -0.379 e. The van der Waals surface area contributed by atoms with Gasteiger partial charge in [0.05, 0.1) is 19.8 Å². The standard InChI is InChI=1S/C8H15F3N4O/c9-8(10,11)6(5-14-7(12)13)15-1-3-16-4-2-15/h6H,1-5H2,(H4,12,13,14). The first-order valence-electron chi connectivity index (χ1n) is 4.85. The smallest absolute Gasteiger partial charge is 0.379 e. The number of guanidine groups is 1. The van der Waals surface area contributed by atoms with Gasteiger partial charge in [-0.05, 0) is 0 Å². The maximum absolute atomic E-state index is 12.7. The molecule has 4 N–H and O–H groups in total. The first-order valence-corrected chi connectivity index (χ1v) is 4.85. The Hall–Kier alpha value is -1.02. The minimum absolute atomic E-state index is 0.240. The van der Waals surface area contributed by atoms with Crippen LogP contribution in [-0.4, -0.2) is 55.9 Å². The molecule has 1 atom stereocenters. The van der Waals surface area contributed by atoms with Crippen molar-refractivity contribution in [3.05, 3.63) is 0 Å². The van der Waals surface area contributed by atoms with Crippen LogP contribution in [0.1, 0.15) is 0 Å². The number of alkyl halides is 3. The van der Waals surface area contributed by atoms with Crippen molar-refractivity contribution in [3.63, 3.8) is 0 Å². The maximum Gasteiger partial charge on any atom is 0.405 e. The molecule has 1 saturated heterocycles. The number of nitrogens with zero attached hydrogens (tertiary/aromatic N) is 2. The molecule has 1 unspecified atom stereocenters. The molecule has 0 amide bonds. The summed E-state index contributed by atoms with van der Waals surface area (Å²) >= 11 is 0. The zero-order chi connectivity index (χ0) is 12.2. The fraction of sp³-hybridized carbons (Fsp3) is 0.875. The Morgan fingerprint density at radius 1 is 1.31 bits per heavy atom. The van der Waals surface area contributed by atoms with Crippen molar-refractivity contribution in [2.24, 2.45) is 16.5 Å². The number of ether oxygens (including phenoxy) is 1. The van der Waals surface area contributed by atoms with E-state index in [1.807, 2.05) is 0 Å². The molecular weight excluding hydrogens is 225 g/mol. The molecule has 0 bridgehead atoms. The molecule has 1 fully saturated rings. The second-order valence-corrected chi connectivity index (χ2v) is 3.47. The van der Waals surface area contributed by atoms with E-state index >= 15 is 0 Å². The Morgan fingerprint density at radius 2 is 1.88 bits per heavy atom. The molecule has 1 rings (SSSR count). The number of nitrogens with two attached hydrogens (primary N) is 2. The molecule has 0 saturated carbocycles. The van der Waals surface area contributed by atoms with Gasteiger partial charge in [-0.25, -0.2) is 0 Å². The number of halogens is 3. The van der Waals surface area contributed by atoms with Crippen LogP contribution in [0.2, 0.25) is 0 Å². The monoisotopic (exact) mass is 240 g/mol. The minimum atomic E-state index is -4.34. The van der Waals surface area contributed by atoms with Gasteiger partial charge in [-0.2, -0.15) is 13.2 Å². The van der Waals surface area contributed by atoms with Crippen molar-refractivity contribution in [1.82, 2.24) is 4.90 Å². The van der Waals surface area contributed by atoms with Crippen LogP contribution in [0.15, 0.2) is 4.99 Å². The summed E-state index contributed by atoms with van der Waals surface area (Å²) in [5.74, 6) is -0.331. The third-order valence-corrected chi connectivity index (χ3v) is 2.31. The molecular formula is C8H15F3N4O. The molecule has 0 spiro atoms. The normalized spacial score (nSPS) is 20.4. The van der Waals surface area contributed by atoms with Gasteiger partial charge in [-0.1, -0.05) is 0 Å².